The Morgan fingerprint density at radius 2 is 1.50 bits per heavy atom. The van der Waals surface area contributed by atoms with E-state index in [1.54, 1.807) is 10.9 Å². The van der Waals surface area contributed by atoms with Gasteiger partial charge in [-0.25, -0.2) is 4.79 Å². The van der Waals surface area contributed by atoms with E-state index in [1.807, 2.05) is 66.9 Å². The van der Waals surface area contributed by atoms with Crippen LogP contribution < -0.4 is 16.6 Å². The molecule has 0 fully saturated rings. The van der Waals surface area contributed by atoms with Crippen molar-refractivity contribution in [2.75, 3.05) is 0 Å². The molecule has 2 heterocycles. The number of nitrogens with zero attached hydrogens (tertiary/aromatic N) is 4. The van der Waals surface area contributed by atoms with Crippen molar-refractivity contribution in [2.24, 2.45) is 0 Å². The van der Waals surface area contributed by atoms with Crippen LogP contribution >= 0.6 is 0 Å². The van der Waals surface area contributed by atoms with Gasteiger partial charge in [0.1, 0.15) is 6.54 Å². The number of carbonyl (C=O) groups excluding carboxylic acids is 1. The SMILES string of the molecule is O=C(Cn1c(=O)ccn(Cc2ccccc2)c1=O)NCc1cnn(Cc2ccccc2)c1. The van der Waals surface area contributed by atoms with Crippen molar-refractivity contribution in [1.29, 1.82) is 0 Å². The third-order valence-electron chi connectivity index (χ3n) is 5.00. The van der Waals surface area contributed by atoms with Crippen LogP contribution in [0.15, 0.2) is 94.9 Å². The van der Waals surface area contributed by atoms with Crippen molar-refractivity contribution < 1.29 is 4.79 Å². The molecule has 4 rings (SSSR count). The first-order valence-electron chi connectivity index (χ1n) is 10.2. The normalized spacial score (nSPS) is 10.8. The highest BCUT2D eigenvalue weighted by atomic mass is 16.2. The molecule has 0 aliphatic heterocycles. The lowest BCUT2D eigenvalue weighted by atomic mass is 10.2. The number of hydrogen-bond donors (Lipinski definition) is 1. The molecule has 0 atom stereocenters. The lowest BCUT2D eigenvalue weighted by Crippen LogP contribution is -2.43. The zero-order chi connectivity index (χ0) is 22.3. The lowest BCUT2D eigenvalue weighted by Gasteiger charge is -2.10. The average Bonchev–Trinajstić information content (AvgIpc) is 3.26. The summed E-state index contributed by atoms with van der Waals surface area (Å²) in [6.45, 7) is 0.871. The van der Waals surface area contributed by atoms with Crippen molar-refractivity contribution in [2.45, 2.75) is 26.2 Å². The van der Waals surface area contributed by atoms with Gasteiger partial charge in [-0.2, -0.15) is 5.10 Å². The van der Waals surface area contributed by atoms with Gasteiger partial charge in [0, 0.05) is 30.6 Å². The molecule has 0 spiro atoms. The summed E-state index contributed by atoms with van der Waals surface area (Å²) >= 11 is 0. The van der Waals surface area contributed by atoms with Gasteiger partial charge in [-0.3, -0.25) is 23.4 Å². The second kappa shape index (κ2) is 9.74. The fourth-order valence-electron chi connectivity index (χ4n) is 3.36. The second-order valence-corrected chi connectivity index (χ2v) is 7.44. The standard InChI is InChI=1S/C24H23N5O3/c30-22(25-13-21-14-26-28(17-21)16-20-9-5-2-6-10-20)18-29-23(31)11-12-27(24(29)32)15-19-7-3-1-4-8-19/h1-12,14,17H,13,15-16,18H2,(H,25,30). The van der Waals surface area contributed by atoms with Crippen LogP contribution in [0.2, 0.25) is 0 Å². The fourth-order valence-corrected chi connectivity index (χ4v) is 3.36. The maximum atomic E-state index is 12.7. The minimum atomic E-state index is -0.521. The number of carbonyl (C=O) groups is 1. The topological polar surface area (TPSA) is 90.9 Å². The van der Waals surface area contributed by atoms with Crippen LogP contribution in [0, 0.1) is 0 Å². The molecular formula is C24H23N5O3. The molecule has 0 aliphatic carbocycles. The van der Waals surface area contributed by atoms with E-state index in [0.29, 0.717) is 13.1 Å². The van der Waals surface area contributed by atoms with E-state index in [1.165, 1.54) is 16.8 Å². The Hall–Kier alpha value is -4.20. The van der Waals surface area contributed by atoms with Gasteiger partial charge in [0.15, 0.2) is 0 Å². The van der Waals surface area contributed by atoms with Crippen molar-refractivity contribution in [1.82, 2.24) is 24.2 Å². The van der Waals surface area contributed by atoms with E-state index in [2.05, 4.69) is 10.4 Å². The van der Waals surface area contributed by atoms with Crippen molar-refractivity contribution in [3.63, 3.8) is 0 Å². The maximum absolute atomic E-state index is 12.7. The zero-order valence-corrected chi connectivity index (χ0v) is 17.4. The molecule has 2 aromatic heterocycles. The Labute approximate surface area is 184 Å². The molecule has 32 heavy (non-hydrogen) atoms. The van der Waals surface area contributed by atoms with Gasteiger partial charge < -0.3 is 5.32 Å². The molecule has 0 radical (unpaired) electrons. The number of benzene rings is 2. The molecule has 1 N–H and O–H groups in total. The van der Waals surface area contributed by atoms with Crippen molar-refractivity contribution >= 4 is 5.91 Å². The van der Waals surface area contributed by atoms with Gasteiger partial charge in [-0.15, -0.1) is 0 Å². The zero-order valence-electron chi connectivity index (χ0n) is 17.4. The van der Waals surface area contributed by atoms with Crippen LogP contribution in [0.1, 0.15) is 16.7 Å². The number of rotatable bonds is 8. The molecule has 162 valence electrons. The largest absolute Gasteiger partial charge is 0.350 e. The summed E-state index contributed by atoms with van der Waals surface area (Å²) in [5, 5.41) is 7.06. The third-order valence-corrected chi connectivity index (χ3v) is 5.00. The van der Waals surface area contributed by atoms with Gasteiger partial charge >= 0.3 is 5.69 Å². The van der Waals surface area contributed by atoms with E-state index in [0.717, 1.165) is 21.3 Å². The molecular weight excluding hydrogens is 406 g/mol. The molecule has 0 unspecified atom stereocenters. The predicted octanol–water partition coefficient (Wildman–Crippen LogP) is 1.62. The minimum absolute atomic E-state index is 0.257. The Kier molecular flexibility index (Phi) is 6.41. The van der Waals surface area contributed by atoms with Crippen LogP contribution in [0.25, 0.3) is 0 Å². The molecule has 2 aromatic carbocycles. The van der Waals surface area contributed by atoms with Gasteiger partial charge in [-0.05, 0) is 11.1 Å². The van der Waals surface area contributed by atoms with E-state index in [-0.39, 0.29) is 13.1 Å². The summed E-state index contributed by atoms with van der Waals surface area (Å²) in [5.74, 6) is -0.419. The molecule has 0 saturated heterocycles. The molecule has 0 aliphatic rings. The van der Waals surface area contributed by atoms with Crippen LogP contribution in [0.3, 0.4) is 0 Å². The maximum Gasteiger partial charge on any atom is 0.331 e. The Morgan fingerprint density at radius 1 is 0.844 bits per heavy atom. The number of amides is 1. The predicted molar refractivity (Wildman–Crippen MR) is 120 cm³/mol. The highest BCUT2D eigenvalue weighted by Gasteiger charge is 2.11. The first kappa shape index (κ1) is 21.0. The van der Waals surface area contributed by atoms with Crippen LogP contribution in [0.4, 0.5) is 0 Å². The minimum Gasteiger partial charge on any atom is -0.350 e. The van der Waals surface area contributed by atoms with E-state index >= 15 is 0 Å². The number of nitrogens with one attached hydrogen (secondary N) is 1. The van der Waals surface area contributed by atoms with Crippen molar-refractivity contribution in [3.8, 4) is 0 Å². The van der Waals surface area contributed by atoms with Crippen LogP contribution in [0.5, 0.6) is 0 Å². The summed E-state index contributed by atoms with van der Waals surface area (Å²) in [5.41, 5.74) is 1.85. The molecule has 8 heteroatoms. The number of hydrogen-bond acceptors (Lipinski definition) is 4. The Morgan fingerprint density at radius 3 is 2.19 bits per heavy atom. The highest BCUT2D eigenvalue weighted by Crippen LogP contribution is 2.04. The van der Waals surface area contributed by atoms with Crippen molar-refractivity contribution in [3.05, 3.63) is 123 Å². The summed E-state index contributed by atoms with van der Waals surface area (Å²) in [7, 11) is 0. The Bertz CT molecular complexity index is 1310. The van der Waals surface area contributed by atoms with Crippen LogP contribution in [-0.4, -0.2) is 24.8 Å². The smallest absolute Gasteiger partial charge is 0.331 e. The molecule has 1 amide bonds. The van der Waals surface area contributed by atoms with E-state index < -0.39 is 17.2 Å². The molecule has 0 saturated carbocycles. The van der Waals surface area contributed by atoms with Gasteiger partial charge in [0.2, 0.25) is 5.91 Å². The third kappa shape index (κ3) is 5.28. The lowest BCUT2D eigenvalue weighted by molar-refractivity contribution is -0.121. The molecule has 8 nitrogen and oxygen atoms in total. The highest BCUT2D eigenvalue weighted by molar-refractivity contribution is 5.75. The fraction of sp³-hybridized carbons (Fsp3) is 0.167. The van der Waals surface area contributed by atoms with Gasteiger partial charge in [-0.1, -0.05) is 60.7 Å². The number of aromatic nitrogens is 4. The average molecular weight is 429 g/mol. The van der Waals surface area contributed by atoms with E-state index in [4.69, 9.17) is 0 Å². The van der Waals surface area contributed by atoms with Gasteiger partial charge in [0.05, 0.1) is 19.3 Å². The molecule has 4 aromatic rings. The summed E-state index contributed by atoms with van der Waals surface area (Å²) in [4.78, 5) is 37.3. The Balaban J connectivity index is 1.37. The first-order valence-corrected chi connectivity index (χ1v) is 10.2. The van der Waals surface area contributed by atoms with E-state index in [9.17, 15) is 14.4 Å². The summed E-state index contributed by atoms with van der Waals surface area (Å²) in [6, 6.07) is 20.7. The summed E-state index contributed by atoms with van der Waals surface area (Å²) in [6.07, 6.45) is 4.99. The summed E-state index contributed by atoms with van der Waals surface area (Å²) < 4.78 is 4.15. The molecule has 0 bridgehead atoms. The first-order chi connectivity index (χ1) is 15.6. The second-order valence-electron chi connectivity index (χ2n) is 7.44. The quantitative estimate of drug-likeness (QED) is 0.461. The van der Waals surface area contributed by atoms with Crippen LogP contribution in [-0.2, 0) is 31.0 Å². The monoisotopic (exact) mass is 429 g/mol. The van der Waals surface area contributed by atoms with Gasteiger partial charge in [0.25, 0.3) is 5.56 Å².